The number of aliphatic carboxylic acids is 1. The lowest BCUT2D eigenvalue weighted by Gasteiger charge is -2.40. The standard InChI is InChI=1S/C27H35N3O7/c1-5-27(11-6-8-19-23(27)24(28)22(26(33)34)17(3)30-19)37-15-16(2)29-25(32)18-9-10-20(35-4)21(14-18)36-13-7-12-31/h6,8-11,14,16,30-31H,5,7,12-13,15,28H2,1-4H3,(H,29,32)(H,33,34). The SMILES string of the molecule is CCC1(OCC(C)NC(=O)c2ccc(OC)c(OCCCO)c2)C=CC=C2NC(C)=C(C(=O)O)C(N)=C21. The van der Waals surface area contributed by atoms with E-state index in [9.17, 15) is 14.7 Å². The Labute approximate surface area is 216 Å². The van der Waals surface area contributed by atoms with Crippen molar-refractivity contribution in [3.05, 3.63) is 70.2 Å². The van der Waals surface area contributed by atoms with Crippen LogP contribution in [0.25, 0.3) is 0 Å². The van der Waals surface area contributed by atoms with E-state index in [4.69, 9.17) is 25.1 Å². The first kappa shape index (κ1) is 27.8. The van der Waals surface area contributed by atoms with Gasteiger partial charge in [0.05, 0.1) is 26.0 Å². The van der Waals surface area contributed by atoms with Crippen LogP contribution in [0.5, 0.6) is 11.5 Å². The molecule has 6 N–H and O–H groups in total. The molecule has 0 saturated heterocycles. The maximum absolute atomic E-state index is 12.9. The van der Waals surface area contributed by atoms with Crippen molar-refractivity contribution in [2.45, 2.75) is 45.3 Å². The van der Waals surface area contributed by atoms with Gasteiger partial charge in [-0.2, -0.15) is 0 Å². The summed E-state index contributed by atoms with van der Waals surface area (Å²) in [6.07, 6.45) is 6.49. The highest BCUT2D eigenvalue weighted by molar-refractivity contribution is 5.95. The van der Waals surface area contributed by atoms with Crippen LogP contribution in [0.4, 0.5) is 0 Å². The molecule has 2 unspecified atom stereocenters. The van der Waals surface area contributed by atoms with Crippen LogP contribution in [0.1, 0.15) is 44.0 Å². The molecule has 0 spiro atoms. The summed E-state index contributed by atoms with van der Waals surface area (Å²) in [6.45, 7) is 5.85. The number of nitrogens with two attached hydrogens (primary N) is 1. The minimum Gasteiger partial charge on any atom is -0.493 e. The zero-order valence-electron chi connectivity index (χ0n) is 21.6. The van der Waals surface area contributed by atoms with Crippen molar-refractivity contribution < 1.29 is 34.0 Å². The second kappa shape index (κ2) is 12.0. The van der Waals surface area contributed by atoms with Crippen molar-refractivity contribution in [2.75, 3.05) is 26.9 Å². The fourth-order valence-electron chi connectivity index (χ4n) is 4.36. The second-order valence-corrected chi connectivity index (χ2v) is 8.88. The topological polar surface area (TPSA) is 152 Å². The number of dihydropyridines is 1. The van der Waals surface area contributed by atoms with Gasteiger partial charge in [-0.15, -0.1) is 0 Å². The number of aliphatic hydroxyl groups excluding tert-OH is 1. The number of ether oxygens (including phenoxy) is 3. The highest BCUT2D eigenvalue weighted by Gasteiger charge is 2.41. The number of allylic oxidation sites excluding steroid dienone is 3. The number of carbonyl (C=O) groups excluding carboxylic acids is 1. The maximum Gasteiger partial charge on any atom is 0.339 e. The molecule has 1 amide bonds. The smallest absolute Gasteiger partial charge is 0.339 e. The van der Waals surface area contributed by atoms with Crippen LogP contribution in [0.15, 0.2) is 64.7 Å². The highest BCUT2D eigenvalue weighted by Crippen LogP contribution is 2.40. The zero-order chi connectivity index (χ0) is 27.2. The number of methoxy groups -OCH3 is 1. The molecule has 1 aliphatic heterocycles. The fraction of sp³-hybridized carbons (Fsp3) is 0.407. The van der Waals surface area contributed by atoms with Gasteiger partial charge in [0.2, 0.25) is 0 Å². The summed E-state index contributed by atoms with van der Waals surface area (Å²) in [5, 5.41) is 24.7. The number of hydrogen-bond acceptors (Lipinski definition) is 8. The van der Waals surface area contributed by atoms with Crippen LogP contribution in [0, 0.1) is 0 Å². The van der Waals surface area contributed by atoms with Gasteiger partial charge in [0.25, 0.3) is 5.91 Å². The summed E-state index contributed by atoms with van der Waals surface area (Å²) < 4.78 is 17.3. The number of rotatable bonds is 12. The molecule has 200 valence electrons. The van der Waals surface area contributed by atoms with E-state index in [0.717, 1.165) is 0 Å². The van der Waals surface area contributed by atoms with Crippen LogP contribution in [0.3, 0.4) is 0 Å². The van der Waals surface area contributed by atoms with Crippen LogP contribution < -0.4 is 25.8 Å². The first-order valence-corrected chi connectivity index (χ1v) is 12.2. The summed E-state index contributed by atoms with van der Waals surface area (Å²) >= 11 is 0. The van der Waals surface area contributed by atoms with Crippen LogP contribution >= 0.6 is 0 Å². The van der Waals surface area contributed by atoms with E-state index in [1.807, 2.05) is 32.1 Å². The average molecular weight is 514 g/mol. The van der Waals surface area contributed by atoms with Gasteiger partial charge in [-0.3, -0.25) is 4.79 Å². The lowest BCUT2D eigenvalue weighted by Crippen LogP contribution is -2.45. The molecule has 1 aromatic rings. The number of benzene rings is 1. The molecule has 1 aliphatic carbocycles. The summed E-state index contributed by atoms with van der Waals surface area (Å²) in [6, 6.07) is 4.50. The number of amides is 1. The van der Waals surface area contributed by atoms with E-state index in [1.54, 1.807) is 25.1 Å². The molecule has 0 fully saturated rings. The maximum atomic E-state index is 12.9. The Hall–Kier alpha value is -3.76. The van der Waals surface area contributed by atoms with Gasteiger partial charge in [0.15, 0.2) is 11.5 Å². The molecule has 3 rings (SSSR count). The lowest BCUT2D eigenvalue weighted by molar-refractivity contribution is -0.132. The molecule has 1 aromatic carbocycles. The van der Waals surface area contributed by atoms with Gasteiger partial charge in [0, 0.05) is 41.6 Å². The summed E-state index contributed by atoms with van der Waals surface area (Å²) in [4.78, 5) is 24.8. The first-order chi connectivity index (χ1) is 17.7. The largest absolute Gasteiger partial charge is 0.493 e. The number of hydrogen-bond donors (Lipinski definition) is 5. The second-order valence-electron chi connectivity index (χ2n) is 8.88. The molecule has 2 aliphatic rings. The summed E-state index contributed by atoms with van der Waals surface area (Å²) in [5.41, 5.74) is 7.67. The van der Waals surface area contributed by atoms with Crippen molar-refractivity contribution in [1.29, 1.82) is 0 Å². The normalized spacial score (nSPS) is 19.5. The van der Waals surface area contributed by atoms with E-state index in [1.165, 1.54) is 7.11 Å². The minimum absolute atomic E-state index is 0.00212. The number of carboxylic acids is 1. The fourth-order valence-corrected chi connectivity index (χ4v) is 4.36. The molecule has 37 heavy (non-hydrogen) atoms. The van der Waals surface area contributed by atoms with Crippen LogP contribution in [-0.2, 0) is 9.53 Å². The molecule has 0 radical (unpaired) electrons. The number of nitrogens with one attached hydrogen (secondary N) is 2. The van der Waals surface area contributed by atoms with Gasteiger partial charge in [-0.05, 0) is 50.6 Å². The van der Waals surface area contributed by atoms with Gasteiger partial charge in [0.1, 0.15) is 11.2 Å². The molecule has 1 heterocycles. The highest BCUT2D eigenvalue weighted by atomic mass is 16.5. The Morgan fingerprint density at radius 3 is 2.68 bits per heavy atom. The minimum atomic E-state index is -1.12. The van der Waals surface area contributed by atoms with Crippen molar-refractivity contribution in [3.8, 4) is 11.5 Å². The number of fused-ring (bicyclic) bond motifs is 1. The Morgan fingerprint density at radius 2 is 2.03 bits per heavy atom. The molecular weight excluding hydrogens is 478 g/mol. The Kier molecular flexibility index (Phi) is 9.01. The van der Waals surface area contributed by atoms with Crippen molar-refractivity contribution >= 4 is 11.9 Å². The third-order valence-electron chi connectivity index (χ3n) is 6.25. The van der Waals surface area contributed by atoms with Gasteiger partial charge in [-0.25, -0.2) is 4.79 Å². The van der Waals surface area contributed by atoms with Crippen LogP contribution in [0.2, 0.25) is 0 Å². The molecule has 10 heteroatoms. The third kappa shape index (κ3) is 5.98. The number of carbonyl (C=O) groups is 2. The first-order valence-electron chi connectivity index (χ1n) is 12.2. The number of carboxylic acid groups (broad SMARTS) is 1. The van der Waals surface area contributed by atoms with Crippen LogP contribution in [-0.4, -0.2) is 60.7 Å². The predicted molar refractivity (Wildman–Crippen MR) is 138 cm³/mol. The van der Waals surface area contributed by atoms with E-state index in [-0.39, 0.29) is 43.0 Å². The quantitative estimate of drug-likeness (QED) is 0.265. The lowest BCUT2D eigenvalue weighted by atomic mass is 9.80. The third-order valence-corrected chi connectivity index (χ3v) is 6.25. The van der Waals surface area contributed by atoms with Gasteiger partial charge < -0.3 is 40.8 Å². The molecule has 0 aromatic heterocycles. The van der Waals surface area contributed by atoms with Crippen molar-refractivity contribution in [1.82, 2.24) is 10.6 Å². The summed E-state index contributed by atoms with van der Waals surface area (Å²) in [5.74, 6) is -0.538. The predicted octanol–water partition coefficient (Wildman–Crippen LogP) is 2.37. The van der Waals surface area contributed by atoms with Gasteiger partial charge >= 0.3 is 5.97 Å². The zero-order valence-corrected chi connectivity index (χ0v) is 21.6. The van der Waals surface area contributed by atoms with E-state index in [2.05, 4.69) is 10.6 Å². The molecule has 2 atom stereocenters. The van der Waals surface area contributed by atoms with Crippen molar-refractivity contribution in [2.24, 2.45) is 5.73 Å². The molecule has 0 bridgehead atoms. The molecule has 10 nitrogen and oxygen atoms in total. The Morgan fingerprint density at radius 1 is 1.27 bits per heavy atom. The van der Waals surface area contributed by atoms with E-state index < -0.39 is 11.6 Å². The van der Waals surface area contributed by atoms with Crippen molar-refractivity contribution in [3.63, 3.8) is 0 Å². The summed E-state index contributed by atoms with van der Waals surface area (Å²) in [7, 11) is 1.51. The number of aliphatic hydroxyl groups is 1. The molecular formula is C27H35N3O7. The van der Waals surface area contributed by atoms with Gasteiger partial charge in [-0.1, -0.05) is 13.0 Å². The monoisotopic (exact) mass is 513 g/mol. The average Bonchev–Trinajstić information content (AvgIpc) is 2.87. The van der Waals surface area contributed by atoms with E-state index in [0.29, 0.717) is 46.9 Å². The Bertz CT molecular complexity index is 1170. The molecule has 0 saturated carbocycles. The van der Waals surface area contributed by atoms with E-state index >= 15 is 0 Å². The Balaban J connectivity index is 1.74.